The van der Waals surface area contributed by atoms with Gasteiger partial charge in [-0.3, -0.25) is 0 Å². The molecule has 2 aromatic carbocycles. The largest absolute Gasteiger partial charge is 0.493 e. The normalized spacial score (nSPS) is 15.2. The second-order valence-corrected chi connectivity index (χ2v) is 4.93. The Morgan fingerprint density at radius 3 is 2.54 bits per heavy atom. The van der Waals surface area contributed by atoms with Gasteiger partial charge in [-0.15, -0.1) is 0 Å². The van der Waals surface area contributed by atoms with Gasteiger partial charge in [0.15, 0.2) is 17.2 Å². The molecular formula is C18H14FNO4. The van der Waals surface area contributed by atoms with Crippen molar-refractivity contribution in [3.05, 3.63) is 65.1 Å². The number of methoxy groups -OCH3 is 2. The van der Waals surface area contributed by atoms with Crippen LogP contribution in [0.1, 0.15) is 11.1 Å². The third kappa shape index (κ3) is 2.99. The first-order valence-electron chi connectivity index (χ1n) is 7.12. The molecule has 0 atom stereocenters. The maximum atomic E-state index is 13.8. The fraction of sp³-hybridized carbons (Fsp3) is 0.111. The number of cyclic esters (lactones) is 1. The topological polar surface area (TPSA) is 57.1 Å². The van der Waals surface area contributed by atoms with Crippen LogP contribution in [-0.2, 0) is 9.53 Å². The van der Waals surface area contributed by atoms with Gasteiger partial charge in [0.2, 0.25) is 5.90 Å². The Hall–Kier alpha value is -3.15. The lowest BCUT2D eigenvalue weighted by Crippen LogP contribution is -2.07. The Labute approximate surface area is 138 Å². The number of aliphatic imine (C=N–C) groups is 1. The minimum atomic E-state index is -0.636. The average Bonchev–Trinajstić information content (AvgIpc) is 2.95. The number of carbonyl (C=O) groups is 1. The molecule has 3 rings (SSSR count). The van der Waals surface area contributed by atoms with E-state index in [-0.39, 0.29) is 17.2 Å². The second-order valence-electron chi connectivity index (χ2n) is 4.93. The lowest BCUT2D eigenvalue weighted by Gasteiger charge is -2.07. The van der Waals surface area contributed by atoms with E-state index in [1.165, 1.54) is 32.4 Å². The zero-order valence-electron chi connectivity index (χ0n) is 13.1. The Bertz CT molecular complexity index is 858. The second kappa shape index (κ2) is 6.54. The van der Waals surface area contributed by atoms with E-state index >= 15 is 0 Å². The molecule has 1 aliphatic rings. The number of esters is 1. The third-order valence-electron chi connectivity index (χ3n) is 3.44. The van der Waals surface area contributed by atoms with E-state index in [1.54, 1.807) is 30.3 Å². The van der Waals surface area contributed by atoms with Crippen LogP contribution in [-0.4, -0.2) is 26.1 Å². The molecule has 0 aromatic heterocycles. The van der Waals surface area contributed by atoms with Crippen molar-refractivity contribution in [2.45, 2.75) is 0 Å². The zero-order chi connectivity index (χ0) is 17.1. The van der Waals surface area contributed by atoms with Crippen LogP contribution in [0.2, 0.25) is 0 Å². The molecule has 1 aliphatic heterocycles. The molecular weight excluding hydrogens is 313 g/mol. The Kier molecular flexibility index (Phi) is 4.29. The van der Waals surface area contributed by atoms with Gasteiger partial charge in [0.25, 0.3) is 0 Å². The summed E-state index contributed by atoms with van der Waals surface area (Å²) >= 11 is 0. The van der Waals surface area contributed by atoms with Gasteiger partial charge in [-0.05, 0) is 35.9 Å². The first-order valence-corrected chi connectivity index (χ1v) is 7.12. The van der Waals surface area contributed by atoms with Crippen LogP contribution in [0, 0.1) is 5.82 Å². The lowest BCUT2D eigenvalue weighted by atomic mass is 10.1. The van der Waals surface area contributed by atoms with Crippen LogP contribution in [0.25, 0.3) is 6.08 Å². The van der Waals surface area contributed by atoms with Crippen LogP contribution in [0.5, 0.6) is 11.5 Å². The van der Waals surface area contributed by atoms with Gasteiger partial charge in [-0.1, -0.05) is 18.2 Å². The first kappa shape index (κ1) is 15.7. The van der Waals surface area contributed by atoms with Gasteiger partial charge >= 0.3 is 5.97 Å². The van der Waals surface area contributed by atoms with Crippen LogP contribution in [0.4, 0.5) is 4.39 Å². The third-order valence-corrected chi connectivity index (χ3v) is 3.44. The van der Waals surface area contributed by atoms with E-state index in [0.717, 1.165) is 0 Å². The molecule has 24 heavy (non-hydrogen) atoms. The number of carbonyl (C=O) groups excluding carboxylic acids is 1. The smallest absolute Gasteiger partial charge is 0.363 e. The molecule has 0 spiro atoms. The van der Waals surface area contributed by atoms with Gasteiger partial charge in [0.1, 0.15) is 5.82 Å². The monoisotopic (exact) mass is 327 g/mol. The molecule has 0 aliphatic carbocycles. The van der Waals surface area contributed by atoms with E-state index < -0.39 is 11.8 Å². The quantitative estimate of drug-likeness (QED) is 0.639. The summed E-state index contributed by atoms with van der Waals surface area (Å²) in [6.45, 7) is 0. The van der Waals surface area contributed by atoms with Crippen molar-refractivity contribution in [1.82, 2.24) is 0 Å². The van der Waals surface area contributed by atoms with Gasteiger partial charge < -0.3 is 14.2 Å². The zero-order valence-corrected chi connectivity index (χ0v) is 13.1. The summed E-state index contributed by atoms with van der Waals surface area (Å²) < 4.78 is 29.2. The molecule has 0 N–H and O–H groups in total. The minimum absolute atomic E-state index is 0.0511. The van der Waals surface area contributed by atoms with E-state index in [2.05, 4.69) is 4.99 Å². The molecule has 0 radical (unpaired) electrons. The highest BCUT2D eigenvalue weighted by Gasteiger charge is 2.25. The maximum Gasteiger partial charge on any atom is 0.363 e. The fourth-order valence-electron chi connectivity index (χ4n) is 2.26. The summed E-state index contributed by atoms with van der Waals surface area (Å²) in [5.41, 5.74) is 0.903. The maximum absolute atomic E-state index is 13.8. The predicted octanol–water partition coefficient (Wildman–Crippen LogP) is 3.19. The highest BCUT2D eigenvalue weighted by atomic mass is 19.1. The number of hydrogen-bond donors (Lipinski definition) is 0. The average molecular weight is 327 g/mol. The predicted molar refractivity (Wildman–Crippen MR) is 86.6 cm³/mol. The van der Waals surface area contributed by atoms with Crippen LogP contribution < -0.4 is 9.47 Å². The summed E-state index contributed by atoms with van der Waals surface area (Å²) in [6.07, 6.45) is 1.54. The molecule has 0 unspecified atom stereocenters. The van der Waals surface area contributed by atoms with Gasteiger partial charge in [0.05, 0.1) is 19.8 Å². The van der Waals surface area contributed by atoms with Crippen molar-refractivity contribution in [3.63, 3.8) is 0 Å². The van der Waals surface area contributed by atoms with Crippen molar-refractivity contribution in [2.75, 3.05) is 14.2 Å². The number of ether oxygens (including phenoxy) is 3. The highest BCUT2D eigenvalue weighted by Crippen LogP contribution is 2.29. The van der Waals surface area contributed by atoms with Crippen molar-refractivity contribution in [1.29, 1.82) is 0 Å². The van der Waals surface area contributed by atoms with E-state index in [9.17, 15) is 9.18 Å². The molecule has 0 fully saturated rings. The molecule has 122 valence electrons. The first-order chi connectivity index (χ1) is 11.6. The minimum Gasteiger partial charge on any atom is -0.493 e. The van der Waals surface area contributed by atoms with E-state index in [1.807, 2.05) is 0 Å². The molecule has 1 heterocycles. The summed E-state index contributed by atoms with van der Waals surface area (Å²) in [5.74, 6) is -0.0926. The number of rotatable bonds is 4. The van der Waals surface area contributed by atoms with E-state index in [4.69, 9.17) is 14.2 Å². The highest BCUT2D eigenvalue weighted by molar-refractivity contribution is 6.12. The van der Waals surface area contributed by atoms with Gasteiger partial charge in [-0.25, -0.2) is 14.2 Å². The van der Waals surface area contributed by atoms with Gasteiger partial charge in [-0.2, -0.15) is 0 Å². The molecule has 6 heteroatoms. The van der Waals surface area contributed by atoms with Crippen molar-refractivity contribution in [2.24, 2.45) is 4.99 Å². The molecule has 0 saturated carbocycles. The van der Waals surface area contributed by atoms with E-state index in [0.29, 0.717) is 17.1 Å². The van der Waals surface area contributed by atoms with Crippen LogP contribution in [0.15, 0.2) is 53.2 Å². The molecule has 0 saturated heterocycles. The molecule has 0 bridgehead atoms. The summed E-state index contributed by atoms with van der Waals surface area (Å²) in [6, 6.07) is 11.1. The standard InChI is InChI=1S/C18H14FNO4/c1-22-15-8-7-11(10-16(15)23-2)9-14-18(21)24-17(20-14)12-5-3-4-6-13(12)19/h3-10H,1-2H3. The number of halogens is 1. The Morgan fingerprint density at radius 2 is 1.83 bits per heavy atom. The SMILES string of the molecule is COc1ccc(C=C2N=C(c3ccccc3F)OC2=O)cc1OC. The van der Waals surface area contributed by atoms with Crippen molar-refractivity contribution < 1.29 is 23.4 Å². The Morgan fingerprint density at radius 1 is 1.08 bits per heavy atom. The fourth-order valence-corrected chi connectivity index (χ4v) is 2.26. The van der Waals surface area contributed by atoms with Crippen LogP contribution >= 0.6 is 0 Å². The van der Waals surface area contributed by atoms with Crippen LogP contribution in [0.3, 0.4) is 0 Å². The lowest BCUT2D eigenvalue weighted by molar-refractivity contribution is -0.129. The number of benzene rings is 2. The Balaban J connectivity index is 1.96. The van der Waals surface area contributed by atoms with Crippen molar-refractivity contribution in [3.8, 4) is 11.5 Å². The van der Waals surface area contributed by atoms with Gasteiger partial charge in [0, 0.05) is 0 Å². The molecule has 2 aromatic rings. The molecule has 5 nitrogen and oxygen atoms in total. The number of nitrogens with zero attached hydrogens (tertiary/aromatic N) is 1. The molecule has 0 amide bonds. The summed E-state index contributed by atoms with van der Waals surface area (Å²) in [7, 11) is 3.06. The number of hydrogen-bond acceptors (Lipinski definition) is 5. The van der Waals surface area contributed by atoms with Crippen molar-refractivity contribution >= 4 is 17.9 Å². The summed E-state index contributed by atoms with van der Waals surface area (Å²) in [5, 5.41) is 0. The summed E-state index contributed by atoms with van der Waals surface area (Å²) in [4.78, 5) is 16.1.